The third kappa shape index (κ3) is 4.77. The Morgan fingerprint density at radius 1 is 1.16 bits per heavy atom. The molecule has 1 aliphatic heterocycles. The minimum atomic E-state index is 0.220. The predicted octanol–water partition coefficient (Wildman–Crippen LogP) is 1.32. The average molecular weight is 267 g/mol. The van der Waals surface area contributed by atoms with Crippen molar-refractivity contribution in [2.24, 2.45) is 5.92 Å². The van der Waals surface area contributed by atoms with Gasteiger partial charge in [0.2, 0.25) is 5.91 Å². The van der Waals surface area contributed by atoms with Crippen molar-refractivity contribution in [1.82, 2.24) is 15.1 Å². The highest BCUT2D eigenvalue weighted by Gasteiger charge is 2.22. The van der Waals surface area contributed by atoms with Crippen molar-refractivity contribution in [3.05, 3.63) is 0 Å². The van der Waals surface area contributed by atoms with Gasteiger partial charge in [-0.05, 0) is 38.1 Å². The number of rotatable bonds is 5. The van der Waals surface area contributed by atoms with Gasteiger partial charge in [0.25, 0.3) is 0 Å². The van der Waals surface area contributed by atoms with E-state index < -0.39 is 0 Å². The SMILES string of the molecule is CN(C)C(=O)CN1CCC(NCC2CCCC2)CC1. The molecule has 2 aliphatic rings. The van der Waals surface area contributed by atoms with E-state index in [0.29, 0.717) is 12.6 Å². The average Bonchev–Trinajstić information content (AvgIpc) is 2.91. The lowest BCUT2D eigenvalue weighted by molar-refractivity contribution is -0.130. The molecule has 0 radical (unpaired) electrons. The third-order valence-electron chi connectivity index (χ3n) is 4.62. The number of carbonyl (C=O) groups is 1. The molecule has 0 spiro atoms. The van der Waals surface area contributed by atoms with Gasteiger partial charge in [-0.25, -0.2) is 0 Å². The van der Waals surface area contributed by atoms with Crippen LogP contribution in [0.25, 0.3) is 0 Å². The van der Waals surface area contributed by atoms with Gasteiger partial charge < -0.3 is 10.2 Å². The molecule has 1 saturated heterocycles. The molecule has 4 heteroatoms. The van der Waals surface area contributed by atoms with Crippen LogP contribution in [0.15, 0.2) is 0 Å². The lowest BCUT2D eigenvalue weighted by atomic mass is 10.0. The van der Waals surface area contributed by atoms with Crippen LogP contribution in [0.1, 0.15) is 38.5 Å². The van der Waals surface area contributed by atoms with Crippen molar-refractivity contribution in [2.45, 2.75) is 44.6 Å². The van der Waals surface area contributed by atoms with Crippen molar-refractivity contribution in [3.8, 4) is 0 Å². The number of likely N-dealkylation sites (tertiary alicyclic amines) is 1. The zero-order valence-corrected chi connectivity index (χ0v) is 12.5. The summed E-state index contributed by atoms with van der Waals surface area (Å²) >= 11 is 0. The van der Waals surface area contributed by atoms with Crippen LogP contribution in [-0.4, -0.2) is 62.0 Å². The highest BCUT2D eigenvalue weighted by Crippen LogP contribution is 2.24. The monoisotopic (exact) mass is 267 g/mol. The molecule has 0 bridgehead atoms. The largest absolute Gasteiger partial charge is 0.348 e. The van der Waals surface area contributed by atoms with E-state index in [1.165, 1.54) is 45.1 Å². The molecule has 0 unspecified atom stereocenters. The fourth-order valence-electron chi connectivity index (χ4n) is 3.18. The van der Waals surface area contributed by atoms with Gasteiger partial charge in [0.1, 0.15) is 0 Å². The van der Waals surface area contributed by atoms with Crippen LogP contribution in [0.5, 0.6) is 0 Å². The van der Waals surface area contributed by atoms with Gasteiger partial charge in [0, 0.05) is 33.2 Å². The number of nitrogens with zero attached hydrogens (tertiary/aromatic N) is 2. The second kappa shape index (κ2) is 7.25. The summed E-state index contributed by atoms with van der Waals surface area (Å²) in [4.78, 5) is 15.6. The van der Waals surface area contributed by atoms with Gasteiger partial charge in [0.15, 0.2) is 0 Å². The Labute approximate surface area is 117 Å². The maximum absolute atomic E-state index is 11.7. The van der Waals surface area contributed by atoms with E-state index >= 15 is 0 Å². The quantitative estimate of drug-likeness (QED) is 0.816. The van der Waals surface area contributed by atoms with Crippen molar-refractivity contribution >= 4 is 5.91 Å². The Bertz CT molecular complexity index is 279. The van der Waals surface area contributed by atoms with Gasteiger partial charge in [-0.1, -0.05) is 12.8 Å². The summed E-state index contributed by atoms with van der Waals surface area (Å²) in [5.41, 5.74) is 0. The molecule has 4 nitrogen and oxygen atoms in total. The van der Waals surface area contributed by atoms with Gasteiger partial charge >= 0.3 is 0 Å². The van der Waals surface area contributed by atoms with E-state index in [2.05, 4.69) is 10.2 Å². The van der Waals surface area contributed by atoms with E-state index in [0.717, 1.165) is 19.0 Å². The van der Waals surface area contributed by atoms with Crippen LogP contribution < -0.4 is 5.32 Å². The van der Waals surface area contributed by atoms with Crippen molar-refractivity contribution in [2.75, 3.05) is 40.3 Å². The first-order valence-corrected chi connectivity index (χ1v) is 7.81. The topological polar surface area (TPSA) is 35.6 Å². The number of likely N-dealkylation sites (N-methyl/N-ethyl adjacent to an activating group) is 1. The Morgan fingerprint density at radius 3 is 2.37 bits per heavy atom. The molecule has 2 rings (SSSR count). The summed E-state index contributed by atoms with van der Waals surface area (Å²) in [6.07, 6.45) is 8.07. The summed E-state index contributed by atoms with van der Waals surface area (Å²) in [6, 6.07) is 0.673. The van der Waals surface area contributed by atoms with E-state index in [1.54, 1.807) is 4.90 Å². The zero-order chi connectivity index (χ0) is 13.7. The first-order valence-electron chi connectivity index (χ1n) is 7.81. The van der Waals surface area contributed by atoms with Gasteiger partial charge in [-0.2, -0.15) is 0 Å². The molecule has 2 fully saturated rings. The molecule has 1 heterocycles. The number of piperidine rings is 1. The molecule has 110 valence electrons. The Kier molecular flexibility index (Phi) is 5.64. The summed E-state index contributed by atoms with van der Waals surface area (Å²) < 4.78 is 0. The zero-order valence-electron chi connectivity index (χ0n) is 12.5. The molecular formula is C15H29N3O. The minimum Gasteiger partial charge on any atom is -0.348 e. The van der Waals surface area contributed by atoms with Crippen LogP contribution in [0.3, 0.4) is 0 Å². The van der Waals surface area contributed by atoms with Crippen molar-refractivity contribution in [1.29, 1.82) is 0 Å². The first-order chi connectivity index (χ1) is 9.15. The van der Waals surface area contributed by atoms with Gasteiger partial charge in [0.05, 0.1) is 6.54 Å². The number of hydrogen-bond donors (Lipinski definition) is 1. The summed E-state index contributed by atoms with van der Waals surface area (Å²) in [6.45, 7) is 3.91. The van der Waals surface area contributed by atoms with Crippen molar-refractivity contribution < 1.29 is 4.79 Å². The molecule has 0 aromatic heterocycles. The predicted molar refractivity (Wildman–Crippen MR) is 78.1 cm³/mol. The summed E-state index contributed by atoms with van der Waals surface area (Å²) in [7, 11) is 3.66. The number of nitrogens with one attached hydrogen (secondary N) is 1. The molecule has 0 aromatic rings. The second-order valence-electron chi connectivity index (χ2n) is 6.40. The normalized spacial score (nSPS) is 22.8. The molecule has 19 heavy (non-hydrogen) atoms. The first kappa shape index (κ1) is 14.8. The molecular weight excluding hydrogens is 238 g/mol. The maximum Gasteiger partial charge on any atom is 0.236 e. The number of carbonyl (C=O) groups excluding carboxylic acids is 1. The molecule has 1 N–H and O–H groups in total. The fourth-order valence-corrected chi connectivity index (χ4v) is 3.18. The minimum absolute atomic E-state index is 0.220. The van der Waals surface area contributed by atoms with E-state index in [-0.39, 0.29) is 5.91 Å². The Morgan fingerprint density at radius 2 is 1.79 bits per heavy atom. The lowest BCUT2D eigenvalue weighted by Gasteiger charge is -2.33. The fraction of sp³-hybridized carbons (Fsp3) is 0.933. The standard InChI is InChI=1S/C15H29N3O/c1-17(2)15(19)12-18-9-7-14(8-10-18)16-11-13-5-3-4-6-13/h13-14,16H,3-12H2,1-2H3. The van der Waals surface area contributed by atoms with Crippen LogP contribution in [0.2, 0.25) is 0 Å². The Balaban J connectivity index is 1.60. The van der Waals surface area contributed by atoms with Gasteiger partial charge in [-0.15, -0.1) is 0 Å². The molecule has 0 atom stereocenters. The van der Waals surface area contributed by atoms with E-state index in [9.17, 15) is 4.79 Å². The van der Waals surface area contributed by atoms with Crippen LogP contribution in [-0.2, 0) is 4.79 Å². The van der Waals surface area contributed by atoms with Crippen LogP contribution in [0.4, 0.5) is 0 Å². The third-order valence-corrected chi connectivity index (χ3v) is 4.62. The second-order valence-corrected chi connectivity index (χ2v) is 6.40. The highest BCUT2D eigenvalue weighted by atomic mass is 16.2. The lowest BCUT2D eigenvalue weighted by Crippen LogP contribution is -2.46. The molecule has 1 amide bonds. The maximum atomic E-state index is 11.7. The molecule has 1 aliphatic carbocycles. The number of hydrogen-bond acceptors (Lipinski definition) is 3. The molecule has 1 saturated carbocycles. The van der Waals surface area contributed by atoms with E-state index in [1.807, 2.05) is 14.1 Å². The van der Waals surface area contributed by atoms with Gasteiger partial charge in [-0.3, -0.25) is 9.69 Å². The van der Waals surface area contributed by atoms with Crippen LogP contribution in [0, 0.1) is 5.92 Å². The highest BCUT2D eigenvalue weighted by molar-refractivity contribution is 5.77. The van der Waals surface area contributed by atoms with E-state index in [4.69, 9.17) is 0 Å². The van der Waals surface area contributed by atoms with Crippen molar-refractivity contribution in [3.63, 3.8) is 0 Å². The van der Waals surface area contributed by atoms with Crippen LogP contribution >= 0.6 is 0 Å². The smallest absolute Gasteiger partial charge is 0.236 e. The summed E-state index contributed by atoms with van der Waals surface area (Å²) in [5.74, 6) is 1.14. The number of amides is 1. The summed E-state index contributed by atoms with van der Waals surface area (Å²) in [5, 5.41) is 3.74. The Hall–Kier alpha value is -0.610. The molecule has 0 aromatic carbocycles.